The van der Waals surface area contributed by atoms with Crippen molar-refractivity contribution in [2.24, 2.45) is 0 Å². The number of rotatable bonds is 3. The van der Waals surface area contributed by atoms with Gasteiger partial charge in [-0.05, 0) is 24.4 Å². The lowest BCUT2D eigenvalue weighted by molar-refractivity contribution is -0.0176. The van der Waals surface area contributed by atoms with Crippen LogP contribution in [0.25, 0.3) is 10.8 Å². The van der Waals surface area contributed by atoms with Crippen LogP contribution < -0.4 is 10.9 Å². The molecule has 20 heavy (non-hydrogen) atoms. The summed E-state index contributed by atoms with van der Waals surface area (Å²) in [6, 6.07) is 9.29. The van der Waals surface area contributed by atoms with Crippen LogP contribution in [0.4, 0.5) is 5.82 Å². The van der Waals surface area contributed by atoms with Gasteiger partial charge in [0.15, 0.2) is 0 Å². The first kappa shape index (κ1) is 13.1. The van der Waals surface area contributed by atoms with Crippen LogP contribution in [0.1, 0.15) is 13.3 Å². The second-order valence-corrected chi connectivity index (χ2v) is 5.32. The fourth-order valence-corrected chi connectivity index (χ4v) is 2.56. The number of anilines is 1. The fraction of sp³-hybridized carbons (Fsp3) is 0.400. The molecule has 2 atom stereocenters. The van der Waals surface area contributed by atoms with E-state index in [0.29, 0.717) is 30.8 Å². The van der Waals surface area contributed by atoms with Crippen molar-refractivity contribution >= 4 is 16.6 Å². The average molecular weight is 274 g/mol. The predicted molar refractivity (Wildman–Crippen MR) is 78.0 cm³/mol. The van der Waals surface area contributed by atoms with Gasteiger partial charge in [-0.1, -0.05) is 18.2 Å². The van der Waals surface area contributed by atoms with Gasteiger partial charge in [-0.2, -0.15) is 0 Å². The molecule has 0 radical (unpaired) electrons. The molecule has 0 amide bonds. The maximum atomic E-state index is 12.0. The van der Waals surface area contributed by atoms with Gasteiger partial charge in [0, 0.05) is 25.0 Å². The first-order valence-corrected chi connectivity index (χ1v) is 6.78. The molecule has 1 aromatic carbocycles. The van der Waals surface area contributed by atoms with E-state index in [1.54, 1.807) is 6.07 Å². The average Bonchev–Trinajstić information content (AvgIpc) is 2.77. The first-order valence-electron chi connectivity index (χ1n) is 6.78. The highest BCUT2D eigenvalue weighted by molar-refractivity contribution is 5.83. The number of pyridine rings is 1. The van der Waals surface area contributed by atoms with Crippen LogP contribution in [0.2, 0.25) is 0 Å². The summed E-state index contributed by atoms with van der Waals surface area (Å²) >= 11 is 0. The lowest BCUT2D eigenvalue weighted by atomic mass is 9.97. The van der Waals surface area contributed by atoms with Crippen molar-refractivity contribution in [2.75, 3.05) is 18.5 Å². The summed E-state index contributed by atoms with van der Waals surface area (Å²) < 4.78 is 5.39. The zero-order valence-corrected chi connectivity index (χ0v) is 11.3. The number of hydrogen-bond acceptors (Lipinski definition) is 4. The molecule has 1 aliphatic rings. The molecule has 2 heterocycles. The minimum atomic E-state index is -0.886. The summed E-state index contributed by atoms with van der Waals surface area (Å²) in [7, 11) is 0. The summed E-state index contributed by atoms with van der Waals surface area (Å²) in [5.41, 5.74) is -1.02. The molecule has 1 aromatic heterocycles. The van der Waals surface area contributed by atoms with Crippen molar-refractivity contribution in [2.45, 2.75) is 25.0 Å². The summed E-state index contributed by atoms with van der Waals surface area (Å²) in [5, 5.41) is 15.1. The number of fused-ring (bicyclic) bond motifs is 1. The topological polar surface area (TPSA) is 74.3 Å². The first-order chi connectivity index (χ1) is 9.58. The Kier molecular flexibility index (Phi) is 3.23. The Bertz CT molecular complexity index is 682. The van der Waals surface area contributed by atoms with E-state index >= 15 is 0 Å². The number of aromatic nitrogens is 1. The maximum Gasteiger partial charge on any atom is 0.257 e. The number of aliphatic hydroxyl groups is 1. The minimum absolute atomic E-state index is 0.131. The molecule has 0 spiro atoms. The Morgan fingerprint density at radius 1 is 1.50 bits per heavy atom. The van der Waals surface area contributed by atoms with Crippen LogP contribution in [-0.2, 0) is 4.74 Å². The Hall–Kier alpha value is -1.85. The Morgan fingerprint density at radius 2 is 2.30 bits per heavy atom. The lowest BCUT2D eigenvalue weighted by Crippen LogP contribution is -2.43. The molecule has 1 fully saturated rings. The van der Waals surface area contributed by atoms with Crippen LogP contribution in [0.15, 0.2) is 35.1 Å². The maximum absolute atomic E-state index is 12.0. The van der Waals surface area contributed by atoms with Crippen molar-refractivity contribution in [1.29, 1.82) is 0 Å². The molecule has 106 valence electrons. The van der Waals surface area contributed by atoms with Gasteiger partial charge >= 0.3 is 0 Å². The standard InChI is InChI=1S/C15H18N2O3/c1-10-15(19,6-7-20-10)9-16-13-8-11-4-2-3-5-12(11)14(18)17-13/h2-5,8,10,19H,6-7,9H2,1H3,(H2,16,17,18). The van der Waals surface area contributed by atoms with Crippen LogP contribution in [-0.4, -0.2) is 34.9 Å². The van der Waals surface area contributed by atoms with Crippen molar-refractivity contribution in [3.8, 4) is 0 Å². The van der Waals surface area contributed by atoms with Crippen LogP contribution in [0.3, 0.4) is 0 Å². The third-order valence-electron chi connectivity index (χ3n) is 4.00. The summed E-state index contributed by atoms with van der Waals surface area (Å²) in [6.45, 7) is 2.77. The van der Waals surface area contributed by atoms with Crippen molar-refractivity contribution in [3.05, 3.63) is 40.7 Å². The van der Waals surface area contributed by atoms with E-state index in [4.69, 9.17) is 4.74 Å². The number of aromatic amines is 1. The van der Waals surface area contributed by atoms with Crippen molar-refractivity contribution in [3.63, 3.8) is 0 Å². The van der Waals surface area contributed by atoms with Gasteiger partial charge in [0.1, 0.15) is 11.4 Å². The number of benzene rings is 1. The fourth-order valence-electron chi connectivity index (χ4n) is 2.56. The molecule has 0 saturated carbocycles. The molecule has 0 bridgehead atoms. The molecular formula is C15H18N2O3. The van der Waals surface area contributed by atoms with E-state index in [2.05, 4.69) is 10.3 Å². The van der Waals surface area contributed by atoms with E-state index in [-0.39, 0.29) is 11.7 Å². The molecular weight excluding hydrogens is 256 g/mol. The van der Waals surface area contributed by atoms with Gasteiger partial charge in [0.2, 0.25) is 0 Å². The van der Waals surface area contributed by atoms with E-state index in [9.17, 15) is 9.90 Å². The largest absolute Gasteiger partial charge is 0.385 e. The molecule has 3 rings (SSSR count). The van der Waals surface area contributed by atoms with Gasteiger partial charge < -0.3 is 20.1 Å². The van der Waals surface area contributed by atoms with Gasteiger partial charge in [0.25, 0.3) is 5.56 Å². The highest BCUT2D eigenvalue weighted by Gasteiger charge is 2.39. The number of H-pyrrole nitrogens is 1. The molecule has 2 unspecified atom stereocenters. The van der Waals surface area contributed by atoms with E-state index in [1.807, 2.05) is 31.2 Å². The molecule has 5 heteroatoms. The van der Waals surface area contributed by atoms with Crippen molar-refractivity contribution < 1.29 is 9.84 Å². The number of nitrogens with one attached hydrogen (secondary N) is 2. The molecule has 5 nitrogen and oxygen atoms in total. The van der Waals surface area contributed by atoms with Crippen LogP contribution in [0, 0.1) is 0 Å². The summed E-state index contributed by atoms with van der Waals surface area (Å²) in [4.78, 5) is 14.7. The van der Waals surface area contributed by atoms with Gasteiger partial charge in [-0.15, -0.1) is 0 Å². The normalized spacial score (nSPS) is 26.0. The Labute approximate surface area is 116 Å². The van der Waals surface area contributed by atoms with E-state index in [1.165, 1.54) is 0 Å². The molecule has 1 aliphatic heterocycles. The Balaban J connectivity index is 1.83. The predicted octanol–water partition coefficient (Wildman–Crippen LogP) is 1.48. The minimum Gasteiger partial charge on any atom is -0.385 e. The number of ether oxygens (including phenoxy) is 1. The zero-order valence-electron chi connectivity index (χ0n) is 11.3. The van der Waals surface area contributed by atoms with Gasteiger partial charge in [-0.25, -0.2) is 0 Å². The molecule has 1 saturated heterocycles. The zero-order chi connectivity index (χ0) is 14.2. The molecule has 0 aliphatic carbocycles. The highest BCUT2D eigenvalue weighted by Crippen LogP contribution is 2.26. The molecule has 3 N–H and O–H groups in total. The summed E-state index contributed by atoms with van der Waals surface area (Å²) in [6.07, 6.45) is 0.390. The third-order valence-corrected chi connectivity index (χ3v) is 4.00. The van der Waals surface area contributed by atoms with Gasteiger partial charge in [0.05, 0.1) is 6.10 Å². The second-order valence-electron chi connectivity index (χ2n) is 5.32. The number of hydrogen-bond donors (Lipinski definition) is 3. The summed E-state index contributed by atoms with van der Waals surface area (Å²) in [5.74, 6) is 0.612. The highest BCUT2D eigenvalue weighted by atomic mass is 16.5. The van der Waals surface area contributed by atoms with E-state index in [0.717, 1.165) is 5.39 Å². The molecule has 2 aromatic rings. The van der Waals surface area contributed by atoms with Gasteiger partial charge in [-0.3, -0.25) is 4.79 Å². The van der Waals surface area contributed by atoms with Crippen LogP contribution >= 0.6 is 0 Å². The van der Waals surface area contributed by atoms with E-state index < -0.39 is 5.60 Å². The monoisotopic (exact) mass is 274 g/mol. The van der Waals surface area contributed by atoms with Crippen LogP contribution in [0.5, 0.6) is 0 Å². The quantitative estimate of drug-likeness (QED) is 0.792. The second kappa shape index (κ2) is 4.92. The Morgan fingerprint density at radius 3 is 3.05 bits per heavy atom. The third kappa shape index (κ3) is 2.30. The lowest BCUT2D eigenvalue weighted by Gasteiger charge is -2.26. The smallest absolute Gasteiger partial charge is 0.257 e. The SMILES string of the molecule is CC1OCCC1(O)CNc1cc2ccccc2c(=O)[nH]1. The van der Waals surface area contributed by atoms with Crippen molar-refractivity contribution in [1.82, 2.24) is 4.98 Å².